The maximum Gasteiger partial charge on any atom is 0.328 e. The summed E-state index contributed by atoms with van der Waals surface area (Å²) in [6.45, 7) is 3.40. The van der Waals surface area contributed by atoms with Gasteiger partial charge in [0.2, 0.25) is 0 Å². The summed E-state index contributed by atoms with van der Waals surface area (Å²) >= 11 is 3.30. The summed E-state index contributed by atoms with van der Waals surface area (Å²) in [5, 5.41) is 8.58. The lowest BCUT2D eigenvalue weighted by Crippen LogP contribution is -2.01. The number of halogens is 1. The van der Waals surface area contributed by atoms with Gasteiger partial charge in [-0.05, 0) is 42.7 Å². The molecule has 1 aromatic rings. The van der Waals surface area contributed by atoms with Crippen molar-refractivity contribution in [3.8, 4) is 0 Å². The molecule has 4 heteroatoms. The number of carbonyl (C=O) groups is 2. The van der Waals surface area contributed by atoms with Gasteiger partial charge in [0.15, 0.2) is 0 Å². The van der Waals surface area contributed by atoms with Gasteiger partial charge in [0.25, 0.3) is 0 Å². The van der Waals surface area contributed by atoms with Crippen LogP contribution in [0.1, 0.15) is 28.4 Å². The summed E-state index contributed by atoms with van der Waals surface area (Å²) in [4.78, 5) is 21.4. The number of rotatable bonds is 4. The third-order valence-electron chi connectivity index (χ3n) is 2.36. The maximum atomic E-state index is 11.2. The first kappa shape index (κ1) is 13.6. The van der Waals surface area contributed by atoms with E-state index in [0.717, 1.165) is 22.8 Å². The van der Waals surface area contributed by atoms with Crippen LogP contribution < -0.4 is 0 Å². The number of alkyl halides is 1. The molecule has 0 saturated heterocycles. The molecule has 0 spiro atoms. The Morgan fingerprint density at radius 3 is 2.59 bits per heavy atom. The molecule has 1 rings (SSSR count). The van der Waals surface area contributed by atoms with Crippen molar-refractivity contribution in [3.63, 3.8) is 0 Å². The minimum Gasteiger partial charge on any atom is -0.478 e. The number of carboxylic acid groups (broad SMARTS) is 1. The number of carboxylic acids is 1. The minimum atomic E-state index is -0.989. The van der Waals surface area contributed by atoms with Gasteiger partial charge in [-0.25, -0.2) is 4.79 Å². The van der Waals surface area contributed by atoms with Gasteiger partial charge in [-0.3, -0.25) is 4.79 Å². The SMILES string of the molecule is CC(=O)C(Br)c1ccc(C)c(/C=C/C(=O)O)c1. The summed E-state index contributed by atoms with van der Waals surface area (Å²) in [6, 6.07) is 5.54. The Morgan fingerprint density at radius 1 is 1.41 bits per heavy atom. The third kappa shape index (κ3) is 3.82. The number of hydrogen-bond donors (Lipinski definition) is 1. The molecule has 0 aromatic heterocycles. The van der Waals surface area contributed by atoms with Gasteiger partial charge in [0.05, 0.1) is 4.83 Å². The van der Waals surface area contributed by atoms with E-state index in [2.05, 4.69) is 15.9 Å². The van der Waals surface area contributed by atoms with E-state index in [-0.39, 0.29) is 10.6 Å². The molecule has 0 aliphatic carbocycles. The van der Waals surface area contributed by atoms with E-state index in [0.29, 0.717) is 0 Å². The lowest BCUT2D eigenvalue weighted by atomic mass is 10.0. The van der Waals surface area contributed by atoms with Crippen LogP contribution in [-0.2, 0) is 9.59 Å². The summed E-state index contributed by atoms with van der Waals surface area (Å²) in [6.07, 6.45) is 2.62. The average Bonchev–Trinajstić information content (AvgIpc) is 2.26. The van der Waals surface area contributed by atoms with Crippen molar-refractivity contribution >= 4 is 33.8 Å². The van der Waals surface area contributed by atoms with E-state index >= 15 is 0 Å². The van der Waals surface area contributed by atoms with Crippen LogP contribution in [0.25, 0.3) is 6.08 Å². The van der Waals surface area contributed by atoms with E-state index in [9.17, 15) is 9.59 Å². The van der Waals surface area contributed by atoms with Crippen molar-refractivity contribution in [1.29, 1.82) is 0 Å². The largest absolute Gasteiger partial charge is 0.478 e. The fraction of sp³-hybridized carbons (Fsp3) is 0.231. The molecule has 0 saturated carbocycles. The highest BCUT2D eigenvalue weighted by molar-refractivity contribution is 9.09. The van der Waals surface area contributed by atoms with E-state index in [4.69, 9.17) is 5.11 Å². The Labute approximate surface area is 108 Å². The molecule has 17 heavy (non-hydrogen) atoms. The molecule has 0 aliphatic rings. The van der Waals surface area contributed by atoms with Crippen LogP contribution in [0.15, 0.2) is 24.3 Å². The van der Waals surface area contributed by atoms with Crippen molar-refractivity contribution in [2.75, 3.05) is 0 Å². The first-order valence-corrected chi connectivity index (χ1v) is 5.99. The number of hydrogen-bond acceptors (Lipinski definition) is 2. The second kappa shape index (κ2) is 5.77. The van der Waals surface area contributed by atoms with Gasteiger partial charge >= 0.3 is 5.97 Å². The molecule has 3 nitrogen and oxygen atoms in total. The zero-order chi connectivity index (χ0) is 13.0. The zero-order valence-corrected chi connectivity index (χ0v) is 11.2. The van der Waals surface area contributed by atoms with Crippen LogP contribution in [0, 0.1) is 6.92 Å². The molecule has 0 radical (unpaired) electrons. The second-order valence-electron chi connectivity index (χ2n) is 3.76. The maximum absolute atomic E-state index is 11.2. The first-order chi connectivity index (χ1) is 7.91. The second-order valence-corrected chi connectivity index (χ2v) is 4.68. The smallest absolute Gasteiger partial charge is 0.328 e. The molecule has 1 N–H and O–H groups in total. The fourth-order valence-electron chi connectivity index (χ4n) is 1.39. The molecule has 0 bridgehead atoms. The molecule has 0 amide bonds. The monoisotopic (exact) mass is 296 g/mol. The summed E-state index contributed by atoms with van der Waals surface area (Å²) in [5.41, 5.74) is 2.60. The molecule has 1 atom stereocenters. The number of Topliss-reactive ketones (excluding diaryl/α,β-unsaturated/α-hetero) is 1. The summed E-state index contributed by atoms with van der Waals surface area (Å²) in [5.74, 6) is -0.973. The molecule has 90 valence electrons. The third-order valence-corrected chi connectivity index (χ3v) is 3.53. The van der Waals surface area contributed by atoms with E-state index in [1.165, 1.54) is 13.0 Å². The highest BCUT2D eigenvalue weighted by Gasteiger charge is 2.12. The number of carbonyl (C=O) groups excluding carboxylic acids is 1. The lowest BCUT2D eigenvalue weighted by molar-refractivity contribution is -0.131. The molecular formula is C13H13BrO3. The van der Waals surface area contributed by atoms with Crippen molar-refractivity contribution in [2.45, 2.75) is 18.7 Å². The predicted octanol–water partition coefficient (Wildman–Crippen LogP) is 3.12. The number of benzene rings is 1. The van der Waals surface area contributed by atoms with E-state index in [1.54, 1.807) is 0 Å². The Kier molecular flexibility index (Phi) is 4.63. The average molecular weight is 297 g/mol. The van der Waals surface area contributed by atoms with Crippen LogP contribution >= 0.6 is 15.9 Å². The van der Waals surface area contributed by atoms with Crippen molar-refractivity contribution < 1.29 is 14.7 Å². The number of aryl methyl sites for hydroxylation is 1. The van der Waals surface area contributed by atoms with Gasteiger partial charge in [-0.15, -0.1) is 0 Å². The van der Waals surface area contributed by atoms with Crippen LogP contribution in [0.5, 0.6) is 0 Å². The quantitative estimate of drug-likeness (QED) is 0.686. The standard InChI is InChI=1S/C13H13BrO3/c1-8-3-4-11(13(14)9(2)15)7-10(8)5-6-12(16)17/h3-7,13H,1-2H3,(H,16,17)/b6-5+. The van der Waals surface area contributed by atoms with Gasteiger partial charge < -0.3 is 5.11 Å². The molecule has 1 aromatic carbocycles. The number of ketones is 1. The Balaban J connectivity index is 3.10. The molecule has 0 fully saturated rings. The highest BCUT2D eigenvalue weighted by Crippen LogP contribution is 2.26. The topological polar surface area (TPSA) is 54.4 Å². The first-order valence-electron chi connectivity index (χ1n) is 5.08. The Hall–Kier alpha value is -1.42. The van der Waals surface area contributed by atoms with E-state index < -0.39 is 5.97 Å². The van der Waals surface area contributed by atoms with Gasteiger partial charge in [0, 0.05) is 6.08 Å². The van der Waals surface area contributed by atoms with Gasteiger partial charge in [0.1, 0.15) is 5.78 Å². The predicted molar refractivity (Wildman–Crippen MR) is 70.2 cm³/mol. The lowest BCUT2D eigenvalue weighted by Gasteiger charge is -2.09. The van der Waals surface area contributed by atoms with Crippen molar-refractivity contribution in [1.82, 2.24) is 0 Å². The normalized spacial score (nSPS) is 12.6. The van der Waals surface area contributed by atoms with Crippen molar-refractivity contribution in [2.24, 2.45) is 0 Å². The summed E-state index contributed by atoms with van der Waals surface area (Å²) in [7, 11) is 0. The fourth-order valence-corrected chi connectivity index (χ4v) is 1.68. The zero-order valence-electron chi connectivity index (χ0n) is 9.61. The summed E-state index contributed by atoms with van der Waals surface area (Å²) < 4.78 is 0. The van der Waals surface area contributed by atoms with Crippen LogP contribution in [-0.4, -0.2) is 16.9 Å². The van der Waals surface area contributed by atoms with Crippen molar-refractivity contribution in [3.05, 3.63) is 41.0 Å². The molecule has 0 heterocycles. The molecular weight excluding hydrogens is 284 g/mol. The van der Waals surface area contributed by atoms with Gasteiger partial charge in [-0.1, -0.05) is 28.1 Å². The Morgan fingerprint density at radius 2 is 2.06 bits per heavy atom. The van der Waals surface area contributed by atoms with Crippen LogP contribution in [0.3, 0.4) is 0 Å². The Bertz CT molecular complexity index is 478. The molecule has 0 aliphatic heterocycles. The van der Waals surface area contributed by atoms with E-state index in [1.807, 2.05) is 25.1 Å². The molecule has 1 unspecified atom stereocenters. The highest BCUT2D eigenvalue weighted by atomic mass is 79.9. The van der Waals surface area contributed by atoms with Crippen LogP contribution in [0.4, 0.5) is 0 Å². The number of aliphatic carboxylic acids is 1. The minimum absolute atomic E-state index is 0.0158. The van der Waals surface area contributed by atoms with Gasteiger partial charge in [-0.2, -0.15) is 0 Å². The van der Waals surface area contributed by atoms with Crippen LogP contribution in [0.2, 0.25) is 0 Å².